The van der Waals surface area contributed by atoms with Gasteiger partial charge in [-0.15, -0.1) is 0 Å². The fourth-order valence-electron chi connectivity index (χ4n) is 2.93. The van der Waals surface area contributed by atoms with Crippen LogP contribution in [0.1, 0.15) is 32.3 Å². The van der Waals surface area contributed by atoms with Crippen LogP contribution in [0.4, 0.5) is 5.69 Å². The summed E-state index contributed by atoms with van der Waals surface area (Å²) < 4.78 is 0. The Morgan fingerprint density at radius 3 is 2.72 bits per heavy atom. The van der Waals surface area contributed by atoms with Crippen LogP contribution in [0, 0.1) is 5.41 Å². The van der Waals surface area contributed by atoms with Crippen molar-refractivity contribution in [2.24, 2.45) is 0 Å². The average Bonchev–Trinajstić information content (AvgIpc) is 3.00. The molecule has 136 valence electrons. The van der Waals surface area contributed by atoms with Gasteiger partial charge in [0.05, 0.1) is 0 Å². The van der Waals surface area contributed by atoms with Gasteiger partial charge in [0, 0.05) is 49.4 Å². The van der Waals surface area contributed by atoms with E-state index in [1.807, 2.05) is 32.0 Å². The monoisotopic (exact) mass is 345 g/mol. The molecule has 7 nitrogen and oxygen atoms in total. The largest absolute Gasteiger partial charge is 0.382 e. The highest BCUT2D eigenvalue weighted by molar-refractivity contribution is 6.45. The molecule has 1 fully saturated rings. The second kappa shape index (κ2) is 8.62. The van der Waals surface area contributed by atoms with Gasteiger partial charge in [0.25, 0.3) is 5.91 Å². The Morgan fingerprint density at radius 2 is 2.04 bits per heavy atom. The molecule has 0 unspecified atom stereocenters. The van der Waals surface area contributed by atoms with Crippen molar-refractivity contribution in [2.45, 2.75) is 44.8 Å². The maximum atomic E-state index is 12.5. The molecule has 25 heavy (non-hydrogen) atoms. The maximum Gasteiger partial charge on any atom is 0.270 e. The summed E-state index contributed by atoms with van der Waals surface area (Å²) in [6.07, 6.45) is 1.07. The molecule has 1 aliphatic heterocycles. The van der Waals surface area contributed by atoms with Crippen LogP contribution >= 0.6 is 0 Å². The first-order chi connectivity index (χ1) is 11.9. The third-order valence-corrected chi connectivity index (χ3v) is 4.14. The van der Waals surface area contributed by atoms with Gasteiger partial charge in [-0.25, -0.2) is 0 Å². The SMILES string of the molecule is CNC(=O)C[C@@H]1C[C@H](NC(=O)C(=N)c2ccccc2NC(C)C)CN1. The molecule has 1 aromatic carbocycles. The summed E-state index contributed by atoms with van der Waals surface area (Å²) >= 11 is 0. The summed E-state index contributed by atoms with van der Waals surface area (Å²) in [6, 6.07) is 7.52. The number of para-hydroxylation sites is 1. The Kier molecular flexibility index (Phi) is 6.52. The van der Waals surface area contributed by atoms with Crippen molar-refractivity contribution in [2.75, 3.05) is 18.9 Å². The normalized spacial score (nSPS) is 19.5. The van der Waals surface area contributed by atoms with E-state index in [0.717, 1.165) is 5.69 Å². The highest BCUT2D eigenvalue weighted by Gasteiger charge is 2.28. The Bertz CT molecular complexity index is 644. The molecule has 0 aliphatic carbocycles. The van der Waals surface area contributed by atoms with E-state index in [4.69, 9.17) is 5.41 Å². The molecule has 2 atom stereocenters. The summed E-state index contributed by atoms with van der Waals surface area (Å²) in [4.78, 5) is 23.9. The Labute approximate surface area is 148 Å². The number of hydrogen-bond donors (Lipinski definition) is 5. The smallest absolute Gasteiger partial charge is 0.270 e. The van der Waals surface area contributed by atoms with Crippen LogP contribution in [-0.4, -0.2) is 49.2 Å². The van der Waals surface area contributed by atoms with Crippen molar-refractivity contribution in [3.63, 3.8) is 0 Å². The van der Waals surface area contributed by atoms with Gasteiger partial charge in [-0.05, 0) is 26.3 Å². The summed E-state index contributed by atoms with van der Waals surface area (Å²) in [7, 11) is 1.61. The topological polar surface area (TPSA) is 106 Å². The van der Waals surface area contributed by atoms with Crippen LogP contribution in [0.2, 0.25) is 0 Å². The van der Waals surface area contributed by atoms with Crippen molar-refractivity contribution in [3.8, 4) is 0 Å². The van der Waals surface area contributed by atoms with Crippen molar-refractivity contribution in [3.05, 3.63) is 29.8 Å². The molecule has 0 spiro atoms. The van der Waals surface area contributed by atoms with E-state index in [1.165, 1.54) is 0 Å². The Hall–Kier alpha value is -2.41. The molecule has 0 radical (unpaired) electrons. The minimum absolute atomic E-state index is 0.0223. The van der Waals surface area contributed by atoms with Gasteiger partial charge in [-0.3, -0.25) is 15.0 Å². The molecule has 1 aromatic rings. The number of carbonyl (C=O) groups is 2. The van der Waals surface area contributed by atoms with Gasteiger partial charge >= 0.3 is 0 Å². The van der Waals surface area contributed by atoms with Crippen molar-refractivity contribution in [1.29, 1.82) is 5.41 Å². The number of anilines is 1. The molecule has 1 saturated heterocycles. The van der Waals surface area contributed by atoms with E-state index in [-0.39, 0.29) is 29.7 Å². The molecule has 0 aromatic heterocycles. The number of nitrogens with one attached hydrogen (secondary N) is 5. The quantitative estimate of drug-likeness (QED) is 0.473. The average molecular weight is 345 g/mol. The van der Waals surface area contributed by atoms with Gasteiger partial charge in [-0.2, -0.15) is 0 Å². The molecular weight excluding hydrogens is 318 g/mol. The molecule has 0 bridgehead atoms. The van der Waals surface area contributed by atoms with Crippen LogP contribution in [0.5, 0.6) is 0 Å². The van der Waals surface area contributed by atoms with Gasteiger partial charge in [0.2, 0.25) is 5.91 Å². The Morgan fingerprint density at radius 1 is 1.32 bits per heavy atom. The number of amides is 2. The Balaban J connectivity index is 1.95. The van der Waals surface area contributed by atoms with E-state index in [2.05, 4.69) is 21.3 Å². The zero-order valence-electron chi connectivity index (χ0n) is 15.0. The zero-order chi connectivity index (χ0) is 18.4. The number of benzene rings is 1. The number of carbonyl (C=O) groups excluding carboxylic acids is 2. The van der Waals surface area contributed by atoms with Crippen molar-refractivity contribution in [1.82, 2.24) is 16.0 Å². The summed E-state index contributed by atoms with van der Waals surface area (Å²) in [5, 5.41) is 20.2. The zero-order valence-corrected chi connectivity index (χ0v) is 15.0. The third-order valence-electron chi connectivity index (χ3n) is 4.14. The van der Waals surface area contributed by atoms with Crippen LogP contribution in [0.15, 0.2) is 24.3 Å². The first-order valence-corrected chi connectivity index (χ1v) is 8.60. The fourth-order valence-corrected chi connectivity index (χ4v) is 2.93. The molecular formula is C18H27N5O2. The van der Waals surface area contributed by atoms with Gasteiger partial charge in [0.1, 0.15) is 5.71 Å². The number of rotatable bonds is 7. The van der Waals surface area contributed by atoms with Crippen molar-refractivity contribution < 1.29 is 9.59 Å². The summed E-state index contributed by atoms with van der Waals surface area (Å²) in [6.45, 7) is 4.63. The highest BCUT2D eigenvalue weighted by atomic mass is 16.2. The maximum absolute atomic E-state index is 12.5. The van der Waals surface area contributed by atoms with Gasteiger partial charge in [-0.1, -0.05) is 18.2 Å². The lowest BCUT2D eigenvalue weighted by molar-refractivity contribution is -0.121. The highest BCUT2D eigenvalue weighted by Crippen LogP contribution is 2.17. The van der Waals surface area contributed by atoms with Crippen LogP contribution in [-0.2, 0) is 9.59 Å². The molecule has 2 amide bonds. The first kappa shape index (κ1) is 18.9. The first-order valence-electron chi connectivity index (χ1n) is 8.60. The molecule has 1 aliphatic rings. The van der Waals surface area contributed by atoms with Crippen LogP contribution in [0.25, 0.3) is 0 Å². The second-order valence-corrected chi connectivity index (χ2v) is 6.61. The molecule has 7 heteroatoms. The van der Waals surface area contributed by atoms with Crippen LogP contribution in [0.3, 0.4) is 0 Å². The minimum Gasteiger partial charge on any atom is -0.382 e. The predicted octanol–water partition coefficient (Wildman–Crippen LogP) is 0.858. The van der Waals surface area contributed by atoms with E-state index >= 15 is 0 Å². The molecule has 0 saturated carbocycles. The lowest BCUT2D eigenvalue weighted by atomic mass is 10.1. The molecule has 1 heterocycles. The lowest BCUT2D eigenvalue weighted by Crippen LogP contribution is -2.40. The standard InChI is InChI=1S/C18H27N5O2/c1-11(2)22-15-7-5-4-6-14(15)17(19)18(25)23-13-8-12(21-10-13)9-16(24)20-3/h4-7,11-13,19,21-22H,8-10H2,1-3H3,(H,20,24)(H,23,25)/t12-,13-/m0/s1. The second-order valence-electron chi connectivity index (χ2n) is 6.61. The predicted molar refractivity (Wildman–Crippen MR) is 99.1 cm³/mol. The van der Waals surface area contributed by atoms with E-state index in [9.17, 15) is 9.59 Å². The van der Waals surface area contributed by atoms with Gasteiger partial charge < -0.3 is 21.3 Å². The van der Waals surface area contributed by atoms with Crippen molar-refractivity contribution >= 4 is 23.2 Å². The van der Waals surface area contributed by atoms with Crippen LogP contribution < -0.4 is 21.3 Å². The minimum atomic E-state index is -0.398. The van der Waals surface area contributed by atoms with E-state index < -0.39 is 5.91 Å². The third kappa shape index (κ3) is 5.29. The van der Waals surface area contributed by atoms with E-state index in [1.54, 1.807) is 13.1 Å². The summed E-state index contributed by atoms with van der Waals surface area (Å²) in [5.41, 5.74) is 1.31. The lowest BCUT2D eigenvalue weighted by Gasteiger charge is -2.17. The molecule has 2 rings (SSSR count). The summed E-state index contributed by atoms with van der Waals surface area (Å²) in [5.74, 6) is -0.420. The molecule has 5 N–H and O–H groups in total. The van der Waals surface area contributed by atoms with Gasteiger partial charge in [0.15, 0.2) is 0 Å². The van der Waals surface area contributed by atoms with E-state index in [0.29, 0.717) is 24.9 Å². The fraction of sp³-hybridized carbons (Fsp3) is 0.500. The number of hydrogen-bond acceptors (Lipinski definition) is 5.